The summed E-state index contributed by atoms with van der Waals surface area (Å²) in [5.41, 5.74) is 1.34. The Morgan fingerprint density at radius 1 is 1.45 bits per heavy atom. The topological polar surface area (TPSA) is 71.2 Å². The third-order valence-corrected chi connectivity index (χ3v) is 3.89. The molecule has 0 aliphatic carbocycles. The van der Waals surface area contributed by atoms with Crippen LogP contribution < -0.4 is 0 Å². The highest BCUT2D eigenvalue weighted by atomic mass is 35.5. The molecule has 0 amide bonds. The van der Waals surface area contributed by atoms with Gasteiger partial charge in [-0.1, -0.05) is 16.8 Å². The zero-order valence-electron chi connectivity index (χ0n) is 10.4. The fourth-order valence-electron chi connectivity index (χ4n) is 1.47. The second-order valence-electron chi connectivity index (χ2n) is 4.10. The third-order valence-electron chi connectivity index (χ3n) is 2.48. The van der Waals surface area contributed by atoms with Crippen LogP contribution in [0.15, 0.2) is 24.4 Å². The van der Waals surface area contributed by atoms with Crippen molar-refractivity contribution in [2.75, 3.05) is 12.4 Å². The van der Waals surface area contributed by atoms with E-state index in [4.69, 9.17) is 16.7 Å². The summed E-state index contributed by atoms with van der Waals surface area (Å²) in [5.74, 6) is 0.502. The van der Waals surface area contributed by atoms with Crippen molar-refractivity contribution in [2.24, 2.45) is 0 Å². The van der Waals surface area contributed by atoms with Gasteiger partial charge in [-0.25, -0.2) is 9.07 Å². The van der Waals surface area contributed by atoms with Gasteiger partial charge in [-0.3, -0.25) is 0 Å². The molecule has 0 fully saturated rings. The highest BCUT2D eigenvalue weighted by molar-refractivity contribution is 7.98. The van der Waals surface area contributed by atoms with Crippen LogP contribution in [0.4, 0.5) is 4.39 Å². The van der Waals surface area contributed by atoms with Gasteiger partial charge in [-0.2, -0.15) is 11.8 Å². The van der Waals surface area contributed by atoms with Crippen molar-refractivity contribution < 1.29 is 14.6 Å². The summed E-state index contributed by atoms with van der Waals surface area (Å²) in [6, 6.07) is 4.30. The van der Waals surface area contributed by atoms with E-state index in [9.17, 15) is 9.50 Å². The zero-order chi connectivity index (χ0) is 14.5. The number of aliphatic hydroxyl groups excluding tert-OH is 2. The van der Waals surface area contributed by atoms with Crippen LogP contribution in [0, 0.1) is 5.82 Å². The van der Waals surface area contributed by atoms with Gasteiger partial charge in [0.1, 0.15) is 5.82 Å². The first-order chi connectivity index (χ1) is 9.60. The number of thioether (sulfide) groups is 1. The van der Waals surface area contributed by atoms with Crippen LogP contribution in [0.5, 0.6) is 0 Å². The number of aromatic nitrogens is 3. The average Bonchev–Trinajstić information content (AvgIpc) is 2.90. The Hall–Kier alpha value is -1.15. The fraction of sp³-hybridized carbons (Fsp3) is 0.333. The van der Waals surface area contributed by atoms with E-state index >= 15 is 0 Å². The van der Waals surface area contributed by atoms with Crippen LogP contribution in [-0.4, -0.2) is 43.7 Å². The number of halogens is 2. The van der Waals surface area contributed by atoms with Gasteiger partial charge in [0, 0.05) is 11.5 Å². The van der Waals surface area contributed by atoms with Crippen LogP contribution in [0.2, 0.25) is 5.02 Å². The van der Waals surface area contributed by atoms with Crippen molar-refractivity contribution >= 4 is 23.4 Å². The number of nitrogens with zero attached hydrogens (tertiary/aromatic N) is 3. The largest absolute Gasteiger partial charge is 0.394 e. The maximum Gasteiger partial charge on any atom is 0.141 e. The predicted molar refractivity (Wildman–Crippen MR) is 75.6 cm³/mol. The van der Waals surface area contributed by atoms with Crippen molar-refractivity contribution in [2.45, 2.75) is 11.9 Å². The van der Waals surface area contributed by atoms with Crippen LogP contribution in [-0.2, 0) is 5.75 Å². The molecule has 0 spiro atoms. The van der Waals surface area contributed by atoms with Gasteiger partial charge in [-0.15, -0.1) is 5.10 Å². The van der Waals surface area contributed by atoms with Crippen LogP contribution >= 0.6 is 23.4 Å². The lowest BCUT2D eigenvalue weighted by molar-refractivity contribution is 0.113. The molecule has 8 heteroatoms. The monoisotopic (exact) mass is 317 g/mol. The third kappa shape index (κ3) is 3.92. The Bertz CT molecular complexity index is 582. The highest BCUT2D eigenvalue weighted by Crippen LogP contribution is 2.19. The van der Waals surface area contributed by atoms with E-state index in [1.807, 2.05) is 0 Å². The summed E-state index contributed by atoms with van der Waals surface area (Å²) in [7, 11) is 0. The van der Waals surface area contributed by atoms with Crippen LogP contribution in [0.1, 0.15) is 5.69 Å². The molecule has 0 bridgehead atoms. The van der Waals surface area contributed by atoms with Crippen molar-refractivity contribution in [3.8, 4) is 5.69 Å². The molecule has 0 aliphatic heterocycles. The lowest BCUT2D eigenvalue weighted by Gasteiger charge is -2.04. The molecule has 0 unspecified atom stereocenters. The second-order valence-corrected chi connectivity index (χ2v) is 5.54. The van der Waals surface area contributed by atoms with E-state index in [-0.39, 0.29) is 11.6 Å². The van der Waals surface area contributed by atoms with Gasteiger partial charge in [0.2, 0.25) is 0 Å². The van der Waals surface area contributed by atoms with Crippen LogP contribution in [0.3, 0.4) is 0 Å². The molecular weight excluding hydrogens is 305 g/mol. The molecule has 0 saturated carbocycles. The van der Waals surface area contributed by atoms with Gasteiger partial charge in [-0.05, 0) is 18.2 Å². The van der Waals surface area contributed by atoms with E-state index < -0.39 is 11.9 Å². The fourth-order valence-corrected chi connectivity index (χ4v) is 2.48. The van der Waals surface area contributed by atoms with Crippen molar-refractivity contribution in [3.05, 3.63) is 40.9 Å². The molecule has 1 heterocycles. The quantitative estimate of drug-likeness (QED) is 0.847. The molecule has 2 aromatic rings. The van der Waals surface area contributed by atoms with E-state index in [0.717, 1.165) is 5.69 Å². The SMILES string of the molecule is OC[C@H](O)CSCc1cn(-c2ccc(F)c(Cl)c2)nn1. The molecule has 0 radical (unpaired) electrons. The van der Waals surface area contributed by atoms with E-state index in [1.165, 1.54) is 28.6 Å². The Morgan fingerprint density at radius 3 is 2.95 bits per heavy atom. The molecule has 20 heavy (non-hydrogen) atoms. The average molecular weight is 318 g/mol. The first-order valence-electron chi connectivity index (χ1n) is 5.83. The first-order valence-corrected chi connectivity index (χ1v) is 7.36. The van der Waals surface area contributed by atoms with Gasteiger partial charge in [0.05, 0.1) is 35.3 Å². The van der Waals surface area contributed by atoms with Gasteiger partial charge >= 0.3 is 0 Å². The number of aliphatic hydroxyl groups is 2. The van der Waals surface area contributed by atoms with E-state index in [2.05, 4.69) is 10.3 Å². The molecule has 108 valence electrons. The number of hydrogen-bond acceptors (Lipinski definition) is 5. The highest BCUT2D eigenvalue weighted by Gasteiger charge is 2.07. The summed E-state index contributed by atoms with van der Waals surface area (Å²) in [4.78, 5) is 0. The van der Waals surface area contributed by atoms with Crippen molar-refractivity contribution in [3.63, 3.8) is 0 Å². The second kappa shape index (κ2) is 7.03. The molecule has 0 aliphatic rings. The summed E-state index contributed by atoms with van der Waals surface area (Å²) in [6.45, 7) is -0.256. The number of hydrogen-bond donors (Lipinski definition) is 2. The lowest BCUT2D eigenvalue weighted by Crippen LogP contribution is -2.14. The molecule has 2 rings (SSSR count). The Morgan fingerprint density at radius 2 is 2.25 bits per heavy atom. The zero-order valence-corrected chi connectivity index (χ0v) is 12.0. The van der Waals surface area contributed by atoms with Gasteiger partial charge in [0.15, 0.2) is 0 Å². The predicted octanol–water partition coefficient (Wildman–Crippen LogP) is 1.65. The van der Waals surface area contributed by atoms with Gasteiger partial charge < -0.3 is 10.2 Å². The molecule has 2 N–H and O–H groups in total. The summed E-state index contributed by atoms with van der Waals surface area (Å²) in [5, 5.41) is 25.8. The summed E-state index contributed by atoms with van der Waals surface area (Å²) < 4.78 is 14.6. The Labute approximate surface area is 124 Å². The minimum absolute atomic E-state index is 0.0278. The number of benzene rings is 1. The number of rotatable bonds is 6. The lowest BCUT2D eigenvalue weighted by atomic mass is 10.3. The Balaban J connectivity index is 1.99. The molecule has 0 saturated heterocycles. The smallest absolute Gasteiger partial charge is 0.141 e. The maximum atomic E-state index is 13.1. The summed E-state index contributed by atoms with van der Waals surface area (Å²) in [6.07, 6.45) is 0.980. The Kier molecular flexibility index (Phi) is 5.36. The van der Waals surface area contributed by atoms with Crippen molar-refractivity contribution in [1.29, 1.82) is 0 Å². The molecule has 1 aromatic carbocycles. The van der Waals surface area contributed by atoms with Crippen LogP contribution in [0.25, 0.3) is 5.69 Å². The minimum atomic E-state index is -0.731. The van der Waals surface area contributed by atoms with Crippen molar-refractivity contribution in [1.82, 2.24) is 15.0 Å². The van der Waals surface area contributed by atoms with E-state index in [1.54, 1.807) is 12.3 Å². The minimum Gasteiger partial charge on any atom is -0.394 e. The first kappa shape index (κ1) is 15.2. The van der Waals surface area contributed by atoms with E-state index in [0.29, 0.717) is 17.2 Å². The maximum absolute atomic E-state index is 13.1. The molecule has 1 atom stereocenters. The normalized spacial score (nSPS) is 12.6. The molecule has 1 aromatic heterocycles. The molecule has 5 nitrogen and oxygen atoms in total. The standard InChI is InChI=1S/C12H13ClFN3O2S/c13-11-3-9(1-2-12(11)14)17-4-8(15-16-17)6-20-7-10(19)5-18/h1-4,10,18-19H,5-7H2/t10-/m0/s1. The molecular formula is C12H13ClFN3O2S. The summed E-state index contributed by atoms with van der Waals surface area (Å²) >= 11 is 7.15. The van der Waals surface area contributed by atoms with Gasteiger partial charge in [0.25, 0.3) is 0 Å².